The van der Waals surface area contributed by atoms with Crippen LogP contribution in [0.2, 0.25) is 0 Å². The SMILES string of the molecule is Cc1ccc(S(=O)(=O)N2CCC(C(=O)N3CCCC(C(=O)Nc4ccccc4)C3)CC2)cc1. The highest BCUT2D eigenvalue weighted by molar-refractivity contribution is 7.89. The maximum atomic E-state index is 13.2. The highest BCUT2D eigenvalue weighted by Gasteiger charge is 2.36. The number of nitrogens with zero attached hydrogens (tertiary/aromatic N) is 2. The number of para-hydroxylation sites is 1. The van der Waals surface area contributed by atoms with Crippen LogP contribution in [0, 0.1) is 18.8 Å². The molecule has 2 heterocycles. The number of sulfonamides is 1. The van der Waals surface area contributed by atoms with Crippen LogP contribution < -0.4 is 5.32 Å². The molecule has 7 nitrogen and oxygen atoms in total. The summed E-state index contributed by atoms with van der Waals surface area (Å²) in [4.78, 5) is 28.0. The zero-order valence-electron chi connectivity index (χ0n) is 18.9. The molecule has 2 saturated heterocycles. The summed E-state index contributed by atoms with van der Waals surface area (Å²) >= 11 is 0. The number of aryl methyl sites for hydroxylation is 1. The number of hydrogen-bond donors (Lipinski definition) is 1. The molecule has 1 atom stereocenters. The molecule has 0 radical (unpaired) electrons. The van der Waals surface area contributed by atoms with Gasteiger partial charge in [0.05, 0.1) is 10.8 Å². The van der Waals surface area contributed by atoms with Crippen LogP contribution >= 0.6 is 0 Å². The van der Waals surface area contributed by atoms with E-state index in [9.17, 15) is 18.0 Å². The van der Waals surface area contributed by atoms with Gasteiger partial charge in [0.25, 0.3) is 0 Å². The van der Waals surface area contributed by atoms with Gasteiger partial charge in [0, 0.05) is 37.8 Å². The van der Waals surface area contributed by atoms with Crippen LogP contribution in [-0.4, -0.2) is 55.6 Å². The van der Waals surface area contributed by atoms with E-state index in [4.69, 9.17) is 0 Å². The number of amides is 2. The predicted molar refractivity (Wildman–Crippen MR) is 127 cm³/mol. The van der Waals surface area contributed by atoms with Gasteiger partial charge in [-0.05, 0) is 56.9 Å². The lowest BCUT2D eigenvalue weighted by molar-refractivity contribution is -0.139. The second-order valence-electron chi connectivity index (χ2n) is 8.97. The summed E-state index contributed by atoms with van der Waals surface area (Å²) in [5.41, 5.74) is 1.77. The number of likely N-dealkylation sites (tertiary alicyclic amines) is 1. The zero-order chi connectivity index (χ0) is 23.4. The van der Waals surface area contributed by atoms with Crippen LogP contribution in [0.1, 0.15) is 31.2 Å². The second-order valence-corrected chi connectivity index (χ2v) is 10.9. The van der Waals surface area contributed by atoms with Gasteiger partial charge >= 0.3 is 0 Å². The van der Waals surface area contributed by atoms with Crippen molar-refractivity contribution in [1.82, 2.24) is 9.21 Å². The third-order valence-electron chi connectivity index (χ3n) is 6.61. The molecule has 176 valence electrons. The van der Waals surface area contributed by atoms with Crippen LogP contribution in [0.5, 0.6) is 0 Å². The number of hydrogen-bond acceptors (Lipinski definition) is 4. The maximum Gasteiger partial charge on any atom is 0.243 e. The summed E-state index contributed by atoms with van der Waals surface area (Å²) in [5, 5.41) is 2.94. The smallest absolute Gasteiger partial charge is 0.243 e. The predicted octanol–water partition coefficient (Wildman–Crippen LogP) is 3.27. The molecule has 8 heteroatoms. The van der Waals surface area contributed by atoms with Crippen molar-refractivity contribution in [2.75, 3.05) is 31.5 Å². The van der Waals surface area contributed by atoms with Crippen molar-refractivity contribution >= 4 is 27.5 Å². The summed E-state index contributed by atoms with van der Waals surface area (Å²) in [6.07, 6.45) is 2.55. The molecular weight excluding hydrogens is 438 g/mol. The average molecular weight is 470 g/mol. The minimum Gasteiger partial charge on any atom is -0.342 e. The summed E-state index contributed by atoms with van der Waals surface area (Å²) in [6, 6.07) is 16.2. The Hall–Kier alpha value is -2.71. The average Bonchev–Trinajstić information content (AvgIpc) is 2.84. The maximum absolute atomic E-state index is 13.2. The van der Waals surface area contributed by atoms with Gasteiger partial charge in [-0.1, -0.05) is 35.9 Å². The lowest BCUT2D eigenvalue weighted by atomic mass is 9.92. The van der Waals surface area contributed by atoms with Crippen molar-refractivity contribution in [3.05, 3.63) is 60.2 Å². The molecule has 1 N–H and O–H groups in total. The van der Waals surface area contributed by atoms with E-state index in [1.54, 1.807) is 29.2 Å². The van der Waals surface area contributed by atoms with Crippen LogP contribution in [0.4, 0.5) is 5.69 Å². The van der Waals surface area contributed by atoms with Crippen LogP contribution in [0.15, 0.2) is 59.5 Å². The fraction of sp³-hybridized carbons (Fsp3) is 0.440. The zero-order valence-corrected chi connectivity index (χ0v) is 19.8. The number of nitrogens with one attached hydrogen (secondary N) is 1. The molecule has 2 amide bonds. The van der Waals surface area contributed by atoms with Gasteiger partial charge in [0.2, 0.25) is 21.8 Å². The lowest BCUT2D eigenvalue weighted by Crippen LogP contribution is -2.48. The van der Waals surface area contributed by atoms with Gasteiger partial charge in [0.1, 0.15) is 0 Å². The molecule has 2 aliphatic heterocycles. The van der Waals surface area contributed by atoms with Gasteiger partial charge in [-0.3, -0.25) is 9.59 Å². The van der Waals surface area contributed by atoms with E-state index in [0.29, 0.717) is 43.9 Å². The molecule has 2 aromatic carbocycles. The van der Waals surface area contributed by atoms with Crippen molar-refractivity contribution in [3.63, 3.8) is 0 Å². The molecule has 0 spiro atoms. The number of carbonyl (C=O) groups excluding carboxylic acids is 2. The first-order valence-electron chi connectivity index (χ1n) is 11.6. The summed E-state index contributed by atoms with van der Waals surface area (Å²) < 4.78 is 27.3. The first-order valence-corrected chi connectivity index (χ1v) is 13.0. The highest BCUT2D eigenvalue weighted by atomic mass is 32.2. The molecule has 2 aromatic rings. The van der Waals surface area contributed by atoms with Gasteiger partial charge in [0.15, 0.2) is 0 Å². The largest absolute Gasteiger partial charge is 0.342 e. The third kappa shape index (κ3) is 5.45. The Bertz CT molecular complexity index is 1080. The first-order chi connectivity index (χ1) is 15.8. The fourth-order valence-corrected chi connectivity index (χ4v) is 6.09. The Labute approximate surface area is 195 Å². The number of benzene rings is 2. The molecule has 1 unspecified atom stereocenters. The van der Waals surface area contributed by atoms with E-state index in [2.05, 4.69) is 5.32 Å². The van der Waals surface area contributed by atoms with Crippen LogP contribution in [-0.2, 0) is 19.6 Å². The Kier molecular flexibility index (Phi) is 7.14. The molecule has 0 aliphatic carbocycles. The number of piperidine rings is 2. The summed E-state index contributed by atoms with van der Waals surface area (Å²) in [6.45, 7) is 3.65. The lowest BCUT2D eigenvalue weighted by Gasteiger charge is -2.37. The Morgan fingerprint density at radius 3 is 2.21 bits per heavy atom. The van der Waals surface area contributed by atoms with Gasteiger partial charge in [-0.2, -0.15) is 4.31 Å². The van der Waals surface area contributed by atoms with Crippen molar-refractivity contribution in [1.29, 1.82) is 0 Å². The van der Waals surface area contributed by atoms with E-state index in [0.717, 1.165) is 24.1 Å². The molecule has 0 saturated carbocycles. The molecular formula is C25H31N3O4S. The minimum absolute atomic E-state index is 0.0413. The van der Waals surface area contributed by atoms with E-state index in [-0.39, 0.29) is 23.7 Å². The molecule has 0 bridgehead atoms. The molecule has 2 aliphatic rings. The van der Waals surface area contributed by atoms with Gasteiger partial charge < -0.3 is 10.2 Å². The van der Waals surface area contributed by atoms with Gasteiger partial charge in [-0.25, -0.2) is 8.42 Å². The first kappa shape index (κ1) is 23.4. The third-order valence-corrected chi connectivity index (χ3v) is 8.52. The Morgan fingerprint density at radius 2 is 1.55 bits per heavy atom. The van der Waals surface area contributed by atoms with E-state index < -0.39 is 10.0 Å². The van der Waals surface area contributed by atoms with Crippen molar-refractivity contribution in [3.8, 4) is 0 Å². The Balaban J connectivity index is 1.32. The fourth-order valence-electron chi connectivity index (χ4n) is 4.62. The van der Waals surface area contributed by atoms with Crippen LogP contribution in [0.25, 0.3) is 0 Å². The number of rotatable bonds is 5. The normalized spacial score (nSPS) is 20.4. The van der Waals surface area contributed by atoms with E-state index in [1.165, 1.54) is 4.31 Å². The monoisotopic (exact) mass is 469 g/mol. The quantitative estimate of drug-likeness (QED) is 0.728. The van der Waals surface area contributed by atoms with Crippen molar-refractivity contribution in [2.45, 2.75) is 37.5 Å². The van der Waals surface area contributed by atoms with E-state index >= 15 is 0 Å². The standard InChI is InChI=1S/C25H31N3O4S/c1-19-9-11-23(12-10-19)33(31,32)28-16-13-20(14-17-28)25(30)27-15-5-6-21(18-27)24(29)26-22-7-3-2-4-8-22/h2-4,7-12,20-21H,5-6,13-18H2,1H3,(H,26,29). The van der Waals surface area contributed by atoms with Gasteiger partial charge in [-0.15, -0.1) is 0 Å². The summed E-state index contributed by atoms with van der Waals surface area (Å²) in [5.74, 6) is -0.451. The summed E-state index contributed by atoms with van der Waals surface area (Å²) in [7, 11) is -3.55. The molecule has 4 rings (SSSR count). The molecule has 33 heavy (non-hydrogen) atoms. The topological polar surface area (TPSA) is 86.8 Å². The minimum atomic E-state index is -3.55. The molecule has 0 aromatic heterocycles. The second kappa shape index (κ2) is 10.1. The Morgan fingerprint density at radius 1 is 0.879 bits per heavy atom. The molecule has 2 fully saturated rings. The highest BCUT2D eigenvalue weighted by Crippen LogP contribution is 2.27. The number of carbonyl (C=O) groups is 2. The van der Waals surface area contributed by atoms with E-state index in [1.807, 2.05) is 37.3 Å². The van der Waals surface area contributed by atoms with Crippen molar-refractivity contribution in [2.24, 2.45) is 11.8 Å². The van der Waals surface area contributed by atoms with Crippen molar-refractivity contribution < 1.29 is 18.0 Å². The van der Waals surface area contributed by atoms with Crippen LogP contribution in [0.3, 0.4) is 0 Å². The number of anilines is 1.